The highest BCUT2D eigenvalue weighted by atomic mass is 32.2. The van der Waals surface area contributed by atoms with Crippen LogP contribution in [-0.2, 0) is 4.74 Å². The highest BCUT2D eigenvalue weighted by Gasteiger charge is 2.17. The van der Waals surface area contributed by atoms with E-state index in [1.165, 1.54) is 4.90 Å². The average Bonchev–Trinajstić information content (AvgIpc) is 2.56. The van der Waals surface area contributed by atoms with Gasteiger partial charge in [-0.05, 0) is 50.8 Å². The first-order valence-electron chi connectivity index (χ1n) is 7.63. The van der Waals surface area contributed by atoms with E-state index >= 15 is 0 Å². The van der Waals surface area contributed by atoms with E-state index in [9.17, 15) is 4.79 Å². The minimum atomic E-state index is -0.266. The molecule has 0 atom stereocenters. The summed E-state index contributed by atoms with van der Waals surface area (Å²) in [6.45, 7) is 1.35. The molecule has 0 spiro atoms. The number of nitrogens with zero attached hydrogens (tertiary/aromatic N) is 1. The number of carbonyl (C=O) groups excluding carboxylic acids is 1. The summed E-state index contributed by atoms with van der Waals surface area (Å²) in [6.07, 6.45) is 0.838. The Balaban J connectivity index is 1.66. The molecule has 0 amide bonds. The standard InChI is InChI=1S/C18H20N2O2S/c1-20(2)10-5-11-22-18(21)13-8-9-17-15(12-13)19-14-6-3-4-7-16(14)23-17/h3-4,6-9,12,19H,5,10-11H2,1-2H3. The number of carbonyl (C=O) groups is 1. The van der Waals surface area contributed by atoms with Gasteiger partial charge in [-0.3, -0.25) is 0 Å². The van der Waals surface area contributed by atoms with Gasteiger partial charge in [-0.25, -0.2) is 4.79 Å². The molecule has 0 radical (unpaired) electrons. The van der Waals surface area contributed by atoms with Gasteiger partial charge in [0.2, 0.25) is 0 Å². The topological polar surface area (TPSA) is 41.6 Å². The van der Waals surface area contributed by atoms with Crippen LogP contribution in [0, 0.1) is 0 Å². The summed E-state index contributed by atoms with van der Waals surface area (Å²) in [4.78, 5) is 16.5. The molecule has 120 valence electrons. The minimum Gasteiger partial charge on any atom is -0.462 e. The number of hydrogen-bond acceptors (Lipinski definition) is 5. The van der Waals surface area contributed by atoms with E-state index in [-0.39, 0.29) is 5.97 Å². The number of benzene rings is 2. The van der Waals surface area contributed by atoms with Crippen molar-refractivity contribution in [1.82, 2.24) is 4.90 Å². The molecule has 3 rings (SSSR count). The zero-order valence-electron chi connectivity index (χ0n) is 13.3. The summed E-state index contributed by atoms with van der Waals surface area (Å²) < 4.78 is 5.34. The first-order valence-corrected chi connectivity index (χ1v) is 8.45. The number of esters is 1. The Labute approximate surface area is 140 Å². The molecule has 1 aliphatic heterocycles. The van der Waals surface area contributed by atoms with Gasteiger partial charge in [0.15, 0.2) is 0 Å². The van der Waals surface area contributed by atoms with E-state index in [2.05, 4.69) is 16.3 Å². The molecule has 1 heterocycles. The Kier molecular flexibility index (Phi) is 4.88. The first kappa shape index (κ1) is 15.9. The van der Waals surface area contributed by atoms with Crippen LogP contribution in [0.4, 0.5) is 11.4 Å². The molecular weight excluding hydrogens is 308 g/mol. The zero-order valence-corrected chi connectivity index (χ0v) is 14.2. The summed E-state index contributed by atoms with van der Waals surface area (Å²) in [5, 5.41) is 3.38. The number of anilines is 2. The predicted octanol–water partition coefficient (Wildman–Crippen LogP) is 4.00. The van der Waals surface area contributed by atoms with E-state index in [0.29, 0.717) is 12.2 Å². The predicted molar refractivity (Wildman–Crippen MR) is 93.7 cm³/mol. The number of nitrogens with one attached hydrogen (secondary N) is 1. The molecule has 5 heteroatoms. The Morgan fingerprint density at radius 1 is 1.13 bits per heavy atom. The van der Waals surface area contributed by atoms with Crippen molar-refractivity contribution in [3.05, 3.63) is 48.0 Å². The maximum absolute atomic E-state index is 12.2. The quantitative estimate of drug-likeness (QED) is 0.566. The Bertz CT molecular complexity index is 716. The SMILES string of the molecule is CN(C)CCCOC(=O)c1ccc2c(c1)Nc1ccccc1S2. The number of hydrogen-bond donors (Lipinski definition) is 1. The fraction of sp³-hybridized carbons (Fsp3) is 0.278. The van der Waals surface area contributed by atoms with Crippen LogP contribution >= 0.6 is 11.8 Å². The Hall–Kier alpha value is -1.98. The summed E-state index contributed by atoms with van der Waals surface area (Å²) in [6, 6.07) is 13.8. The summed E-state index contributed by atoms with van der Waals surface area (Å²) >= 11 is 1.71. The van der Waals surface area contributed by atoms with Crippen LogP contribution in [0.15, 0.2) is 52.3 Å². The van der Waals surface area contributed by atoms with Crippen molar-refractivity contribution in [3.8, 4) is 0 Å². The van der Waals surface area contributed by atoms with Gasteiger partial charge in [0.05, 0.1) is 23.5 Å². The third-order valence-electron chi connectivity index (χ3n) is 3.57. The second kappa shape index (κ2) is 7.06. The van der Waals surface area contributed by atoms with Gasteiger partial charge >= 0.3 is 5.97 Å². The van der Waals surface area contributed by atoms with Crippen LogP contribution < -0.4 is 5.32 Å². The van der Waals surface area contributed by atoms with Gasteiger partial charge in [-0.1, -0.05) is 23.9 Å². The smallest absolute Gasteiger partial charge is 0.338 e. The molecule has 1 aliphatic rings. The van der Waals surface area contributed by atoms with Crippen LogP contribution in [0.5, 0.6) is 0 Å². The van der Waals surface area contributed by atoms with Gasteiger partial charge < -0.3 is 15.0 Å². The molecule has 0 aromatic heterocycles. The first-order chi connectivity index (χ1) is 11.1. The molecule has 0 saturated heterocycles. The van der Waals surface area contributed by atoms with Gasteiger partial charge in [0, 0.05) is 16.3 Å². The molecule has 0 aliphatic carbocycles. The van der Waals surface area contributed by atoms with Crippen LogP contribution in [0.2, 0.25) is 0 Å². The second-order valence-electron chi connectivity index (χ2n) is 5.73. The summed E-state index contributed by atoms with van der Waals surface area (Å²) in [7, 11) is 4.01. The van der Waals surface area contributed by atoms with E-state index in [0.717, 1.165) is 29.2 Å². The summed E-state index contributed by atoms with van der Waals surface area (Å²) in [5.74, 6) is -0.266. The van der Waals surface area contributed by atoms with Crippen LogP contribution in [0.25, 0.3) is 0 Å². The van der Waals surface area contributed by atoms with E-state index in [1.807, 2.05) is 50.5 Å². The van der Waals surface area contributed by atoms with E-state index < -0.39 is 0 Å². The van der Waals surface area contributed by atoms with Crippen molar-refractivity contribution in [2.24, 2.45) is 0 Å². The molecule has 0 fully saturated rings. The average molecular weight is 328 g/mol. The molecule has 23 heavy (non-hydrogen) atoms. The maximum atomic E-state index is 12.2. The lowest BCUT2D eigenvalue weighted by Gasteiger charge is -2.21. The number of rotatable bonds is 5. The van der Waals surface area contributed by atoms with E-state index in [4.69, 9.17) is 4.74 Å². The Morgan fingerprint density at radius 2 is 1.91 bits per heavy atom. The number of ether oxygens (including phenoxy) is 1. The Morgan fingerprint density at radius 3 is 2.74 bits per heavy atom. The molecule has 1 N–H and O–H groups in total. The van der Waals surface area contributed by atoms with Crippen LogP contribution in [0.1, 0.15) is 16.8 Å². The molecule has 4 nitrogen and oxygen atoms in total. The van der Waals surface area contributed by atoms with Gasteiger partial charge in [0.25, 0.3) is 0 Å². The molecule has 0 unspecified atom stereocenters. The zero-order chi connectivity index (χ0) is 16.2. The fourth-order valence-electron chi connectivity index (χ4n) is 2.40. The van der Waals surface area contributed by atoms with Crippen molar-refractivity contribution in [2.45, 2.75) is 16.2 Å². The van der Waals surface area contributed by atoms with Crippen molar-refractivity contribution in [3.63, 3.8) is 0 Å². The molecule has 0 saturated carbocycles. The maximum Gasteiger partial charge on any atom is 0.338 e. The molecule has 2 aromatic carbocycles. The normalized spacial score (nSPS) is 12.3. The van der Waals surface area contributed by atoms with Crippen molar-refractivity contribution < 1.29 is 9.53 Å². The highest BCUT2D eigenvalue weighted by molar-refractivity contribution is 7.99. The summed E-state index contributed by atoms with van der Waals surface area (Å²) in [5.41, 5.74) is 2.61. The largest absolute Gasteiger partial charge is 0.462 e. The highest BCUT2D eigenvalue weighted by Crippen LogP contribution is 2.44. The van der Waals surface area contributed by atoms with Gasteiger partial charge in [-0.2, -0.15) is 0 Å². The lowest BCUT2D eigenvalue weighted by atomic mass is 10.2. The minimum absolute atomic E-state index is 0.266. The number of para-hydroxylation sites is 1. The van der Waals surface area contributed by atoms with Gasteiger partial charge in [0.1, 0.15) is 0 Å². The van der Waals surface area contributed by atoms with Crippen LogP contribution in [-0.4, -0.2) is 38.1 Å². The van der Waals surface area contributed by atoms with Crippen molar-refractivity contribution >= 4 is 29.1 Å². The van der Waals surface area contributed by atoms with Gasteiger partial charge in [-0.15, -0.1) is 0 Å². The second-order valence-corrected chi connectivity index (χ2v) is 6.81. The van der Waals surface area contributed by atoms with E-state index in [1.54, 1.807) is 11.8 Å². The lowest BCUT2D eigenvalue weighted by Crippen LogP contribution is -2.16. The third-order valence-corrected chi connectivity index (χ3v) is 4.73. The third kappa shape index (κ3) is 3.86. The van der Waals surface area contributed by atoms with Crippen LogP contribution in [0.3, 0.4) is 0 Å². The fourth-order valence-corrected chi connectivity index (χ4v) is 3.36. The molecular formula is C18H20N2O2S. The van der Waals surface area contributed by atoms with Crippen molar-refractivity contribution in [2.75, 3.05) is 32.6 Å². The number of fused-ring (bicyclic) bond motifs is 2. The van der Waals surface area contributed by atoms with Crippen molar-refractivity contribution in [1.29, 1.82) is 0 Å². The lowest BCUT2D eigenvalue weighted by molar-refractivity contribution is 0.0493. The molecule has 0 bridgehead atoms. The monoisotopic (exact) mass is 328 g/mol. The molecule has 2 aromatic rings.